The van der Waals surface area contributed by atoms with Crippen LogP contribution in [0.5, 0.6) is 0 Å². The average molecular weight is 607 g/mol. The summed E-state index contributed by atoms with van der Waals surface area (Å²) in [7, 11) is 4.09. The number of aliphatic hydroxyl groups is 1. The number of allylic oxidation sites excluding steroid dienone is 4. The molecule has 0 radical (unpaired) electrons. The van der Waals surface area contributed by atoms with Gasteiger partial charge in [0.25, 0.3) is 0 Å². The molecule has 0 spiro atoms. The summed E-state index contributed by atoms with van der Waals surface area (Å²) < 4.78 is 0. The lowest BCUT2D eigenvalue weighted by Gasteiger charge is -2.54. The first-order chi connectivity index (χ1) is 20.9. The Kier molecular flexibility index (Phi) is 8.48. The molecule has 4 aliphatic carbocycles. The minimum absolute atomic E-state index is 0.00368. The molecular formula is C35H54N6O3. The van der Waals surface area contributed by atoms with Crippen molar-refractivity contribution in [2.45, 2.75) is 84.5 Å². The first kappa shape index (κ1) is 31.6. The number of Topliss-reactive ketones (excluding diaryl/α,β-unsaturated/α-hetero) is 1. The lowest BCUT2D eigenvalue weighted by atomic mass is 9.50. The summed E-state index contributed by atoms with van der Waals surface area (Å²) in [5.74, 6) is 1.97. The van der Waals surface area contributed by atoms with Gasteiger partial charge in [-0.1, -0.05) is 31.1 Å². The summed E-state index contributed by atoms with van der Waals surface area (Å²) in [5.41, 5.74) is 1.01. The number of fused-ring (bicyclic) bond motifs is 5. The van der Waals surface area contributed by atoms with Gasteiger partial charge in [0.2, 0.25) is 0 Å². The van der Waals surface area contributed by atoms with E-state index in [-0.39, 0.29) is 23.3 Å². The second-order valence-electron chi connectivity index (χ2n) is 14.7. The van der Waals surface area contributed by atoms with Gasteiger partial charge in [-0.25, -0.2) is 10.0 Å². The molecule has 3 fully saturated rings. The standard InChI is InChI=1S/C35H54N6O3/c1-7-39(8-2)31-14-18-41(37(5)6)32(36-31)40-21-19-38(20-22-40)24-30(43)35(44)17-13-29-27-10-9-25-23-26(42)11-15-33(25,3)28(27)12-16-34(29,35)4/h12,14,18,23,27,29,32,44H,7-11,13,15-17,19-22,24H2,1-6H3/t27-,29+,32?,33+,34+,35+/m1/s1. The van der Waals surface area contributed by atoms with E-state index in [1.54, 1.807) is 0 Å². The number of carbonyl (C=O) groups is 2. The van der Waals surface area contributed by atoms with Crippen molar-refractivity contribution in [3.8, 4) is 0 Å². The van der Waals surface area contributed by atoms with Gasteiger partial charge in [-0.15, -0.1) is 0 Å². The second kappa shape index (κ2) is 11.8. The van der Waals surface area contributed by atoms with Gasteiger partial charge in [-0.3, -0.25) is 24.4 Å². The predicted molar refractivity (Wildman–Crippen MR) is 173 cm³/mol. The largest absolute Gasteiger partial charge is 0.381 e. The van der Waals surface area contributed by atoms with Gasteiger partial charge in [-0.2, -0.15) is 0 Å². The number of likely N-dealkylation sites (N-methyl/N-ethyl adjacent to an activating group) is 1. The molecule has 9 nitrogen and oxygen atoms in total. The molecule has 1 saturated heterocycles. The summed E-state index contributed by atoms with van der Waals surface area (Å²) in [6, 6.07) is 0. The van der Waals surface area contributed by atoms with E-state index in [9.17, 15) is 14.7 Å². The zero-order valence-electron chi connectivity index (χ0n) is 27.9. The quantitative estimate of drug-likeness (QED) is 0.440. The number of amidine groups is 1. The average Bonchev–Trinajstić information content (AvgIpc) is 3.29. The Bertz CT molecular complexity index is 1280. The number of rotatable bonds is 7. The zero-order valence-corrected chi connectivity index (χ0v) is 27.9. The van der Waals surface area contributed by atoms with E-state index in [0.717, 1.165) is 77.2 Å². The molecule has 1 unspecified atom stereocenters. The molecule has 6 rings (SSSR count). The van der Waals surface area contributed by atoms with Gasteiger partial charge in [0.15, 0.2) is 17.9 Å². The van der Waals surface area contributed by atoms with Crippen LogP contribution in [0.15, 0.2) is 40.6 Å². The molecule has 9 heteroatoms. The van der Waals surface area contributed by atoms with Gasteiger partial charge in [0, 0.05) is 76.8 Å². The molecule has 0 aromatic rings. The van der Waals surface area contributed by atoms with Crippen molar-refractivity contribution < 1.29 is 14.7 Å². The smallest absolute Gasteiger partial charge is 0.194 e. The van der Waals surface area contributed by atoms with Crippen molar-refractivity contribution in [2.75, 3.05) is 59.9 Å². The highest BCUT2D eigenvalue weighted by atomic mass is 16.3. The van der Waals surface area contributed by atoms with E-state index in [2.05, 4.69) is 70.8 Å². The molecule has 0 bridgehead atoms. The number of nitrogens with zero attached hydrogens (tertiary/aromatic N) is 6. The molecular weight excluding hydrogens is 552 g/mol. The molecule has 44 heavy (non-hydrogen) atoms. The van der Waals surface area contributed by atoms with Crippen LogP contribution in [0.1, 0.15) is 72.6 Å². The summed E-state index contributed by atoms with van der Waals surface area (Å²) in [6.07, 6.45) is 14.1. The van der Waals surface area contributed by atoms with Crippen molar-refractivity contribution in [3.63, 3.8) is 0 Å². The first-order valence-corrected chi connectivity index (χ1v) is 17.1. The predicted octanol–water partition coefficient (Wildman–Crippen LogP) is 3.69. The van der Waals surface area contributed by atoms with Crippen molar-refractivity contribution >= 4 is 17.4 Å². The zero-order chi connectivity index (χ0) is 31.4. The van der Waals surface area contributed by atoms with Crippen molar-refractivity contribution in [2.24, 2.45) is 27.7 Å². The fourth-order valence-electron chi connectivity index (χ4n) is 9.58. The third kappa shape index (κ3) is 5.02. The van der Waals surface area contributed by atoms with E-state index in [0.29, 0.717) is 31.2 Å². The van der Waals surface area contributed by atoms with E-state index >= 15 is 0 Å². The third-order valence-electron chi connectivity index (χ3n) is 12.5. The number of carbonyl (C=O) groups excluding carboxylic acids is 2. The summed E-state index contributed by atoms with van der Waals surface area (Å²) in [4.78, 5) is 38.3. The Morgan fingerprint density at radius 3 is 2.48 bits per heavy atom. The van der Waals surface area contributed by atoms with Crippen LogP contribution in [0.4, 0.5) is 0 Å². The Hall–Kier alpha value is -2.33. The molecule has 0 amide bonds. The highest BCUT2D eigenvalue weighted by Crippen LogP contribution is 2.65. The number of aliphatic imine (C=N–C) groups is 1. The lowest BCUT2D eigenvalue weighted by molar-refractivity contribution is -0.154. The normalized spacial score (nSPS) is 37.6. The first-order valence-electron chi connectivity index (χ1n) is 17.1. The third-order valence-corrected chi connectivity index (χ3v) is 12.5. The van der Waals surface area contributed by atoms with Crippen LogP contribution in [0.2, 0.25) is 0 Å². The topological polar surface area (TPSA) is 82.9 Å². The summed E-state index contributed by atoms with van der Waals surface area (Å²) in [6.45, 7) is 14.2. The van der Waals surface area contributed by atoms with Crippen LogP contribution in [0.3, 0.4) is 0 Å². The highest BCUT2D eigenvalue weighted by molar-refractivity contribution is 5.93. The molecule has 242 valence electrons. The van der Waals surface area contributed by atoms with Crippen molar-refractivity contribution in [1.82, 2.24) is 24.7 Å². The van der Waals surface area contributed by atoms with Gasteiger partial charge < -0.3 is 10.0 Å². The molecule has 2 heterocycles. The van der Waals surface area contributed by atoms with E-state index in [1.165, 1.54) is 11.1 Å². The molecule has 0 aromatic heterocycles. The molecule has 1 N–H and O–H groups in total. The van der Waals surface area contributed by atoms with Crippen LogP contribution in [0.25, 0.3) is 0 Å². The van der Waals surface area contributed by atoms with E-state index in [4.69, 9.17) is 4.99 Å². The second-order valence-corrected chi connectivity index (χ2v) is 14.7. The Morgan fingerprint density at radius 1 is 1.07 bits per heavy atom. The SMILES string of the molecule is CCN(CC)C1=NC(N2CCN(CC(=O)[C@@]3(O)CC[C@H]4[C@@H]5CCC6=CC(=O)CC[C@]6(C)C5=CC[C@@]43C)CC2)N(N(C)C)C=C1. The van der Waals surface area contributed by atoms with Crippen LogP contribution in [-0.2, 0) is 9.59 Å². The molecule has 6 atom stereocenters. The number of hydrogen-bond donors (Lipinski definition) is 1. The number of ketones is 2. The van der Waals surface area contributed by atoms with Crippen LogP contribution in [-0.4, -0.2) is 119 Å². The Balaban J connectivity index is 1.13. The minimum Gasteiger partial charge on any atom is -0.381 e. The lowest BCUT2D eigenvalue weighted by Crippen LogP contribution is -2.60. The minimum atomic E-state index is -1.30. The van der Waals surface area contributed by atoms with E-state index in [1.807, 2.05) is 20.2 Å². The molecule has 0 aromatic carbocycles. The maximum atomic E-state index is 14.1. The van der Waals surface area contributed by atoms with Crippen LogP contribution in [0, 0.1) is 22.7 Å². The van der Waals surface area contributed by atoms with Gasteiger partial charge in [0.1, 0.15) is 11.4 Å². The number of piperazine rings is 1. The number of hydrogen-bond acceptors (Lipinski definition) is 9. The van der Waals surface area contributed by atoms with Crippen LogP contribution >= 0.6 is 0 Å². The van der Waals surface area contributed by atoms with Gasteiger partial charge in [0.05, 0.1) is 6.54 Å². The molecule has 6 aliphatic rings. The monoisotopic (exact) mass is 606 g/mol. The summed E-state index contributed by atoms with van der Waals surface area (Å²) >= 11 is 0. The molecule has 2 aliphatic heterocycles. The van der Waals surface area contributed by atoms with Crippen LogP contribution < -0.4 is 0 Å². The van der Waals surface area contributed by atoms with E-state index < -0.39 is 11.0 Å². The maximum absolute atomic E-state index is 14.1. The molecule has 2 saturated carbocycles. The van der Waals surface area contributed by atoms with Crippen molar-refractivity contribution in [3.05, 3.63) is 35.6 Å². The summed E-state index contributed by atoms with van der Waals surface area (Å²) in [5, 5.41) is 16.5. The van der Waals surface area contributed by atoms with Gasteiger partial charge >= 0.3 is 0 Å². The Labute approximate surface area is 264 Å². The number of hydrazine groups is 1. The maximum Gasteiger partial charge on any atom is 0.194 e. The fourth-order valence-corrected chi connectivity index (χ4v) is 9.58. The fraction of sp³-hybridized carbons (Fsp3) is 0.743. The Morgan fingerprint density at radius 2 is 1.80 bits per heavy atom. The van der Waals surface area contributed by atoms with Crippen molar-refractivity contribution in [1.29, 1.82) is 0 Å². The van der Waals surface area contributed by atoms with Gasteiger partial charge in [-0.05, 0) is 76.4 Å². The highest BCUT2D eigenvalue weighted by Gasteiger charge is 2.64.